The number of methoxy groups -OCH3 is 1. The zero-order valence-electron chi connectivity index (χ0n) is 14.5. The second-order valence-corrected chi connectivity index (χ2v) is 6.05. The number of rotatable bonds is 7. The Labute approximate surface area is 147 Å². The summed E-state index contributed by atoms with van der Waals surface area (Å²) in [5.74, 6) is -0.235. The largest absolute Gasteiger partial charge is 0.469 e. The van der Waals surface area contributed by atoms with Crippen molar-refractivity contribution in [1.29, 1.82) is 5.26 Å². The molecule has 1 heterocycles. The van der Waals surface area contributed by atoms with Gasteiger partial charge in [-0.2, -0.15) is 5.26 Å². The third-order valence-electron chi connectivity index (χ3n) is 4.28. The molecule has 0 spiro atoms. The Morgan fingerprint density at radius 3 is 2.56 bits per heavy atom. The van der Waals surface area contributed by atoms with E-state index in [1.165, 1.54) is 7.11 Å². The van der Waals surface area contributed by atoms with E-state index in [0.717, 1.165) is 31.6 Å². The summed E-state index contributed by atoms with van der Waals surface area (Å²) < 4.78 is 4.65. The van der Waals surface area contributed by atoms with Crippen molar-refractivity contribution in [3.8, 4) is 6.07 Å². The number of benzene rings is 1. The van der Waals surface area contributed by atoms with Gasteiger partial charge in [0.05, 0.1) is 31.7 Å². The fourth-order valence-electron chi connectivity index (χ4n) is 2.78. The summed E-state index contributed by atoms with van der Waals surface area (Å²) in [6.07, 6.45) is 2.16. The molecule has 1 fully saturated rings. The number of anilines is 1. The van der Waals surface area contributed by atoms with Crippen LogP contribution in [0.3, 0.4) is 0 Å². The molecule has 1 aromatic rings. The average Bonchev–Trinajstić information content (AvgIpc) is 2.66. The van der Waals surface area contributed by atoms with E-state index in [4.69, 9.17) is 5.26 Å². The number of ether oxygens (including phenoxy) is 1. The highest BCUT2D eigenvalue weighted by Crippen LogP contribution is 2.11. The van der Waals surface area contributed by atoms with E-state index in [-0.39, 0.29) is 24.5 Å². The summed E-state index contributed by atoms with van der Waals surface area (Å²) in [6.45, 7) is 2.64. The van der Waals surface area contributed by atoms with Crippen LogP contribution >= 0.6 is 0 Å². The Morgan fingerprint density at radius 2 is 1.96 bits per heavy atom. The second kappa shape index (κ2) is 9.64. The van der Waals surface area contributed by atoms with Crippen molar-refractivity contribution < 1.29 is 14.3 Å². The summed E-state index contributed by atoms with van der Waals surface area (Å²) in [5.41, 5.74) is 1.40. The average molecular weight is 344 g/mol. The van der Waals surface area contributed by atoms with E-state index < -0.39 is 0 Å². The number of nitrogens with one attached hydrogen (secondary N) is 2. The molecule has 0 bridgehead atoms. The maximum Gasteiger partial charge on any atom is 0.306 e. The van der Waals surface area contributed by atoms with Crippen LogP contribution < -0.4 is 10.6 Å². The topological polar surface area (TPSA) is 94.5 Å². The Kier molecular flexibility index (Phi) is 7.23. The molecule has 2 N–H and O–H groups in total. The van der Waals surface area contributed by atoms with Crippen molar-refractivity contribution >= 4 is 17.6 Å². The first-order valence-electron chi connectivity index (χ1n) is 8.43. The van der Waals surface area contributed by atoms with Gasteiger partial charge in [-0.1, -0.05) is 0 Å². The number of likely N-dealkylation sites (tertiary alicyclic amines) is 1. The minimum Gasteiger partial charge on any atom is -0.469 e. The van der Waals surface area contributed by atoms with Crippen molar-refractivity contribution in [3.63, 3.8) is 0 Å². The Balaban J connectivity index is 1.64. The first-order valence-corrected chi connectivity index (χ1v) is 8.43. The first kappa shape index (κ1) is 18.7. The summed E-state index contributed by atoms with van der Waals surface area (Å²) >= 11 is 0. The van der Waals surface area contributed by atoms with Crippen LogP contribution in [0.5, 0.6) is 0 Å². The summed E-state index contributed by atoms with van der Waals surface area (Å²) in [6, 6.07) is 9.22. The van der Waals surface area contributed by atoms with Crippen LogP contribution in [-0.2, 0) is 14.3 Å². The zero-order chi connectivity index (χ0) is 18.1. The summed E-state index contributed by atoms with van der Waals surface area (Å²) in [5, 5.41) is 14.8. The maximum absolute atomic E-state index is 12.0. The number of amides is 1. The van der Waals surface area contributed by atoms with Crippen LogP contribution in [0, 0.1) is 11.3 Å². The molecular formula is C18H24N4O3. The van der Waals surface area contributed by atoms with Gasteiger partial charge in [-0.15, -0.1) is 0 Å². The van der Waals surface area contributed by atoms with E-state index in [1.807, 2.05) is 0 Å². The minimum atomic E-state index is -0.190. The lowest BCUT2D eigenvalue weighted by Crippen LogP contribution is -2.46. The molecule has 2 rings (SSSR count). The number of hydrogen-bond acceptors (Lipinski definition) is 6. The van der Waals surface area contributed by atoms with Crippen LogP contribution in [0.25, 0.3) is 0 Å². The highest BCUT2D eigenvalue weighted by Gasteiger charge is 2.20. The van der Waals surface area contributed by atoms with Gasteiger partial charge in [0.1, 0.15) is 0 Å². The van der Waals surface area contributed by atoms with Crippen molar-refractivity contribution in [2.24, 2.45) is 0 Å². The number of carbonyl (C=O) groups excluding carboxylic acids is 2. The lowest BCUT2D eigenvalue weighted by Gasteiger charge is -2.32. The fourth-order valence-corrected chi connectivity index (χ4v) is 2.78. The van der Waals surface area contributed by atoms with Crippen molar-refractivity contribution in [2.75, 3.05) is 38.6 Å². The number of hydrogen-bond donors (Lipinski definition) is 2. The molecule has 0 aliphatic carbocycles. The van der Waals surface area contributed by atoms with Gasteiger partial charge in [-0.25, -0.2) is 0 Å². The third kappa shape index (κ3) is 6.43. The highest BCUT2D eigenvalue weighted by molar-refractivity contribution is 5.81. The lowest BCUT2D eigenvalue weighted by molar-refractivity contribution is -0.141. The highest BCUT2D eigenvalue weighted by atomic mass is 16.5. The SMILES string of the molecule is COC(=O)CCN1CCC(NC(=O)CNc2ccc(C#N)cc2)CC1. The van der Waals surface area contributed by atoms with E-state index in [9.17, 15) is 9.59 Å². The first-order chi connectivity index (χ1) is 12.1. The third-order valence-corrected chi connectivity index (χ3v) is 4.28. The van der Waals surface area contributed by atoms with E-state index >= 15 is 0 Å². The molecule has 1 amide bonds. The van der Waals surface area contributed by atoms with E-state index in [2.05, 4.69) is 26.3 Å². The number of carbonyl (C=O) groups is 2. The number of esters is 1. The molecule has 0 unspecified atom stereocenters. The van der Waals surface area contributed by atoms with Crippen molar-refractivity contribution in [3.05, 3.63) is 29.8 Å². The van der Waals surface area contributed by atoms with Crippen LogP contribution in [0.4, 0.5) is 5.69 Å². The standard InChI is InChI=1S/C18H24N4O3/c1-25-18(24)8-11-22-9-6-16(7-10-22)21-17(23)13-20-15-4-2-14(12-19)3-5-15/h2-5,16,20H,6-11,13H2,1H3,(H,21,23). The van der Waals surface area contributed by atoms with E-state index in [1.54, 1.807) is 24.3 Å². The quantitative estimate of drug-likeness (QED) is 0.720. The molecule has 1 saturated heterocycles. The molecule has 0 radical (unpaired) electrons. The molecule has 1 aliphatic heterocycles. The Morgan fingerprint density at radius 1 is 1.28 bits per heavy atom. The van der Waals surface area contributed by atoms with Crippen LogP contribution in [-0.4, -0.2) is 56.1 Å². The van der Waals surface area contributed by atoms with E-state index in [0.29, 0.717) is 18.5 Å². The zero-order valence-corrected chi connectivity index (χ0v) is 14.5. The predicted octanol–water partition coefficient (Wildman–Crippen LogP) is 1.11. The fraction of sp³-hybridized carbons (Fsp3) is 0.500. The van der Waals surface area contributed by atoms with Gasteiger partial charge in [-0.3, -0.25) is 9.59 Å². The van der Waals surface area contributed by atoms with Crippen molar-refractivity contribution in [2.45, 2.75) is 25.3 Å². The predicted molar refractivity (Wildman–Crippen MR) is 93.9 cm³/mol. The molecular weight excluding hydrogens is 320 g/mol. The number of nitriles is 1. The molecule has 7 nitrogen and oxygen atoms in total. The molecule has 1 aromatic carbocycles. The molecule has 0 atom stereocenters. The monoisotopic (exact) mass is 344 g/mol. The number of piperidine rings is 1. The minimum absolute atomic E-state index is 0.0441. The van der Waals surface area contributed by atoms with Gasteiger partial charge in [-0.05, 0) is 37.1 Å². The van der Waals surface area contributed by atoms with Crippen molar-refractivity contribution in [1.82, 2.24) is 10.2 Å². The van der Waals surface area contributed by atoms with Gasteiger partial charge in [0.25, 0.3) is 0 Å². The summed E-state index contributed by atoms with van der Waals surface area (Å²) in [4.78, 5) is 25.4. The molecule has 0 aromatic heterocycles. The molecule has 1 aliphatic rings. The van der Waals surface area contributed by atoms with Gasteiger partial charge in [0.2, 0.25) is 5.91 Å². The van der Waals surface area contributed by atoms with Crippen LogP contribution in [0.2, 0.25) is 0 Å². The second-order valence-electron chi connectivity index (χ2n) is 6.05. The van der Waals surface area contributed by atoms with Crippen LogP contribution in [0.1, 0.15) is 24.8 Å². The molecule has 25 heavy (non-hydrogen) atoms. The van der Waals surface area contributed by atoms with Gasteiger partial charge in [0, 0.05) is 31.4 Å². The number of nitrogens with zero attached hydrogens (tertiary/aromatic N) is 2. The van der Waals surface area contributed by atoms with Crippen LogP contribution in [0.15, 0.2) is 24.3 Å². The van der Waals surface area contributed by atoms with Gasteiger partial charge >= 0.3 is 5.97 Å². The smallest absolute Gasteiger partial charge is 0.306 e. The molecule has 7 heteroatoms. The molecule has 134 valence electrons. The summed E-state index contributed by atoms with van der Waals surface area (Å²) in [7, 11) is 1.40. The maximum atomic E-state index is 12.0. The van der Waals surface area contributed by atoms with Gasteiger partial charge in [0.15, 0.2) is 0 Å². The Hall–Kier alpha value is -2.59. The lowest BCUT2D eigenvalue weighted by atomic mass is 10.0. The van der Waals surface area contributed by atoms with Gasteiger partial charge < -0.3 is 20.3 Å². The molecule has 0 saturated carbocycles. The Bertz CT molecular complexity index is 616. The normalized spacial score (nSPS) is 15.2.